The molecule has 152 valence electrons. The lowest BCUT2D eigenvalue weighted by atomic mass is 10.0. The summed E-state index contributed by atoms with van der Waals surface area (Å²) >= 11 is 0. The average molecular weight is 386 g/mol. The maximum atomic E-state index is 12.7. The molecule has 1 aromatic carbocycles. The topological polar surface area (TPSA) is 70.7 Å². The van der Waals surface area contributed by atoms with E-state index in [1.807, 2.05) is 24.3 Å². The molecule has 6 heteroatoms. The molecule has 2 amide bonds. The summed E-state index contributed by atoms with van der Waals surface area (Å²) in [5.74, 6) is 0.231. The summed E-state index contributed by atoms with van der Waals surface area (Å²) in [4.78, 5) is 27.1. The van der Waals surface area contributed by atoms with Crippen molar-refractivity contribution in [2.45, 2.75) is 45.3 Å². The van der Waals surface area contributed by atoms with E-state index in [4.69, 9.17) is 4.74 Å². The number of carbonyl (C=O) groups excluding carboxylic acids is 2. The Morgan fingerprint density at radius 3 is 3.00 bits per heavy atom. The molecule has 2 aliphatic rings. The number of nitrogens with zero attached hydrogens (tertiary/aromatic N) is 1. The Bertz CT molecular complexity index is 709. The number of nitrogens with one attached hydrogen (secondary N) is 2. The standard InChI is InChI=1S/C22H31N3O3/c1-16(2)14-18(24-22(27)20-15-23-11-5-13-28-20)8-9-21(26)25-12-10-17-6-3-4-7-19(17)25/h3-4,6-9,16,18,20,23H,5,10-15H2,1-2H3,(H,24,27)/b9-8+/t18-,20+/m1/s1. The Kier molecular flexibility index (Phi) is 7.23. The molecule has 0 aliphatic carbocycles. The quantitative estimate of drug-likeness (QED) is 0.736. The van der Waals surface area contributed by atoms with E-state index in [9.17, 15) is 9.59 Å². The van der Waals surface area contributed by atoms with Crippen LogP contribution < -0.4 is 15.5 Å². The lowest BCUT2D eigenvalue weighted by molar-refractivity contribution is -0.132. The Hall–Kier alpha value is -2.18. The van der Waals surface area contributed by atoms with Gasteiger partial charge in [0.15, 0.2) is 0 Å². The van der Waals surface area contributed by atoms with E-state index < -0.39 is 6.10 Å². The van der Waals surface area contributed by atoms with Crippen molar-refractivity contribution < 1.29 is 14.3 Å². The summed E-state index contributed by atoms with van der Waals surface area (Å²) in [7, 11) is 0. The van der Waals surface area contributed by atoms with E-state index in [1.54, 1.807) is 11.0 Å². The number of hydrogen-bond donors (Lipinski definition) is 2. The van der Waals surface area contributed by atoms with Gasteiger partial charge in [-0.25, -0.2) is 0 Å². The van der Waals surface area contributed by atoms with Crippen molar-refractivity contribution in [1.29, 1.82) is 0 Å². The van der Waals surface area contributed by atoms with Crippen LogP contribution >= 0.6 is 0 Å². The molecule has 0 bridgehead atoms. The summed E-state index contributed by atoms with van der Waals surface area (Å²) < 4.78 is 5.64. The van der Waals surface area contributed by atoms with Crippen molar-refractivity contribution >= 4 is 17.5 Å². The Labute approximate surface area is 167 Å². The molecule has 0 aromatic heterocycles. The van der Waals surface area contributed by atoms with Gasteiger partial charge in [-0.3, -0.25) is 9.59 Å². The second-order valence-electron chi connectivity index (χ2n) is 7.89. The predicted molar refractivity (Wildman–Crippen MR) is 110 cm³/mol. The molecule has 6 nitrogen and oxygen atoms in total. The molecule has 1 fully saturated rings. The van der Waals surface area contributed by atoms with Crippen LogP contribution in [-0.2, 0) is 20.7 Å². The lowest BCUT2D eigenvalue weighted by Gasteiger charge is -2.21. The molecule has 2 atom stereocenters. The lowest BCUT2D eigenvalue weighted by Crippen LogP contribution is -2.45. The van der Waals surface area contributed by atoms with Gasteiger partial charge < -0.3 is 20.3 Å². The smallest absolute Gasteiger partial charge is 0.250 e. The summed E-state index contributed by atoms with van der Waals surface area (Å²) in [5, 5.41) is 6.27. The molecule has 28 heavy (non-hydrogen) atoms. The zero-order valence-electron chi connectivity index (χ0n) is 16.8. The van der Waals surface area contributed by atoms with Crippen LogP contribution in [0.4, 0.5) is 5.69 Å². The minimum absolute atomic E-state index is 0.0414. The number of anilines is 1. The summed E-state index contributed by atoms with van der Waals surface area (Å²) in [5.41, 5.74) is 2.19. The molecule has 2 N–H and O–H groups in total. The molecule has 2 heterocycles. The number of ether oxygens (including phenoxy) is 1. The minimum Gasteiger partial charge on any atom is -0.367 e. The number of benzene rings is 1. The Morgan fingerprint density at radius 1 is 1.36 bits per heavy atom. The molecule has 0 spiro atoms. The summed E-state index contributed by atoms with van der Waals surface area (Å²) in [6, 6.07) is 7.81. The zero-order valence-corrected chi connectivity index (χ0v) is 16.8. The third-order valence-corrected chi connectivity index (χ3v) is 5.12. The van der Waals surface area contributed by atoms with Gasteiger partial charge in [0.2, 0.25) is 0 Å². The largest absolute Gasteiger partial charge is 0.367 e. The number of rotatable bonds is 6. The highest BCUT2D eigenvalue weighted by atomic mass is 16.5. The number of amides is 2. The van der Waals surface area contributed by atoms with Gasteiger partial charge in [-0.1, -0.05) is 38.1 Å². The first-order valence-electron chi connectivity index (χ1n) is 10.2. The van der Waals surface area contributed by atoms with E-state index in [0.29, 0.717) is 25.6 Å². The molecule has 3 rings (SSSR count). The molecular weight excluding hydrogens is 354 g/mol. The fraction of sp³-hybridized carbons (Fsp3) is 0.545. The monoisotopic (exact) mass is 385 g/mol. The fourth-order valence-corrected chi connectivity index (χ4v) is 3.71. The highest BCUT2D eigenvalue weighted by Gasteiger charge is 2.25. The first kappa shape index (κ1) is 20.6. The molecule has 1 aromatic rings. The average Bonchev–Trinajstić information content (AvgIpc) is 2.91. The zero-order chi connectivity index (χ0) is 19.9. The highest BCUT2D eigenvalue weighted by Crippen LogP contribution is 2.27. The number of carbonyl (C=O) groups is 2. The van der Waals surface area contributed by atoms with Gasteiger partial charge in [0.05, 0.1) is 0 Å². The van der Waals surface area contributed by atoms with Gasteiger partial charge in [0.25, 0.3) is 11.8 Å². The Balaban J connectivity index is 1.63. The van der Waals surface area contributed by atoms with Crippen molar-refractivity contribution in [3.05, 3.63) is 42.0 Å². The van der Waals surface area contributed by atoms with Crippen molar-refractivity contribution in [1.82, 2.24) is 10.6 Å². The van der Waals surface area contributed by atoms with Gasteiger partial charge in [-0.15, -0.1) is 0 Å². The van der Waals surface area contributed by atoms with Gasteiger partial charge in [0, 0.05) is 37.5 Å². The maximum absolute atomic E-state index is 12.7. The first-order chi connectivity index (χ1) is 13.5. The van der Waals surface area contributed by atoms with Crippen molar-refractivity contribution in [2.24, 2.45) is 5.92 Å². The van der Waals surface area contributed by atoms with Crippen LogP contribution in [0.1, 0.15) is 32.3 Å². The van der Waals surface area contributed by atoms with Crippen molar-refractivity contribution in [2.75, 3.05) is 31.1 Å². The highest BCUT2D eigenvalue weighted by molar-refractivity contribution is 6.03. The van der Waals surface area contributed by atoms with E-state index in [1.165, 1.54) is 5.56 Å². The van der Waals surface area contributed by atoms with E-state index >= 15 is 0 Å². The van der Waals surface area contributed by atoms with E-state index in [-0.39, 0.29) is 17.9 Å². The molecule has 0 unspecified atom stereocenters. The normalized spacial score (nSPS) is 20.8. The SMILES string of the molecule is CC(C)C[C@@H](/C=C/C(=O)N1CCc2ccccc21)NC(=O)[C@@H]1CNCCCO1. The number of fused-ring (bicyclic) bond motifs is 1. The number of para-hydroxylation sites is 1. The van der Waals surface area contributed by atoms with Gasteiger partial charge in [-0.2, -0.15) is 0 Å². The molecule has 0 saturated carbocycles. The number of hydrogen-bond acceptors (Lipinski definition) is 4. The van der Waals surface area contributed by atoms with Crippen LogP contribution in [0.3, 0.4) is 0 Å². The first-order valence-corrected chi connectivity index (χ1v) is 10.2. The van der Waals surface area contributed by atoms with Gasteiger partial charge in [0.1, 0.15) is 6.10 Å². The third-order valence-electron chi connectivity index (χ3n) is 5.12. The second-order valence-corrected chi connectivity index (χ2v) is 7.89. The predicted octanol–water partition coefficient (Wildman–Crippen LogP) is 2.04. The van der Waals surface area contributed by atoms with Crippen molar-refractivity contribution in [3.8, 4) is 0 Å². The minimum atomic E-state index is -0.480. The van der Waals surface area contributed by atoms with Crippen molar-refractivity contribution in [3.63, 3.8) is 0 Å². The summed E-state index contributed by atoms with van der Waals surface area (Å²) in [6.45, 7) is 6.89. The van der Waals surface area contributed by atoms with E-state index in [0.717, 1.165) is 31.5 Å². The van der Waals surface area contributed by atoms with Crippen LogP contribution in [0.2, 0.25) is 0 Å². The van der Waals surface area contributed by atoms with E-state index in [2.05, 4.69) is 30.5 Å². The van der Waals surface area contributed by atoms with Crippen LogP contribution in [0.15, 0.2) is 36.4 Å². The Morgan fingerprint density at radius 2 is 2.18 bits per heavy atom. The van der Waals surface area contributed by atoms with Crippen LogP contribution in [-0.4, -0.2) is 50.2 Å². The van der Waals surface area contributed by atoms with Crippen LogP contribution in [0.5, 0.6) is 0 Å². The molecule has 2 aliphatic heterocycles. The maximum Gasteiger partial charge on any atom is 0.250 e. The van der Waals surface area contributed by atoms with Crippen LogP contribution in [0, 0.1) is 5.92 Å². The second kappa shape index (κ2) is 9.85. The summed E-state index contributed by atoms with van der Waals surface area (Å²) in [6.07, 6.45) is 5.50. The van der Waals surface area contributed by atoms with Crippen LogP contribution in [0.25, 0.3) is 0 Å². The molecular formula is C22H31N3O3. The molecule has 0 radical (unpaired) electrons. The third kappa shape index (κ3) is 5.42. The molecule has 1 saturated heterocycles. The van der Waals surface area contributed by atoms with Gasteiger partial charge >= 0.3 is 0 Å². The fourth-order valence-electron chi connectivity index (χ4n) is 3.71. The van der Waals surface area contributed by atoms with Gasteiger partial charge in [-0.05, 0) is 43.4 Å².